The average Bonchev–Trinajstić information content (AvgIpc) is 2.99. The van der Waals surface area contributed by atoms with Crippen LogP contribution in [0.3, 0.4) is 0 Å². The van der Waals surface area contributed by atoms with Crippen LogP contribution in [0.15, 0.2) is 39.0 Å². The molecule has 2 rings (SSSR count). The van der Waals surface area contributed by atoms with E-state index in [-0.39, 0.29) is 17.0 Å². The van der Waals surface area contributed by atoms with Crippen molar-refractivity contribution < 1.29 is 17.6 Å². The quantitative estimate of drug-likeness (QED) is 0.703. The SMILES string of the molecule is CCN(CC)S(=O)(=O)c1ccc(F)c(C(=O)NCc2ccc(Br)s2)c1. The number of sulfonamides is 1. The third-order valence-corrected chi connectivity index (χ3v) is 7.25. The number of hydrogen-bond acceptors (Lipinski definition) is 4. The predicted molar refractivity (Wildman–Crippen MR) is 99.7 cm³/mol. The highest BCUT2D eigenvalue weighted by molar-refractivity contribution is 9.11. The molecule has 0 saturated heterocycles. The zero-order chi connectivity index (χ0) is 18.6. The van der Waals surface area contributed by atoms with Gasteiger partial charge < -0.3 is 5.32 Å². The lowest BCUT2D eigenvalue weighted by Crippen LogP contribution is -2.31. The first kappa shape index (κ1) is 20.0. The number of nitrogens with one attached hydrogen (secondary N) is 1. The Hall–Kier alpha value is -1.29. The van der Waals surface area contributed by atoms with Gasteiger partial charge in [-0.1, -0.05) is 13.8 Å². The van der Waals surface area contributed by atoms with E-state index in [0.29, 0.717) is 13.1 Å². The summed E-state index contributed by atoms with van der Waals surface area (Å²) in [5, 5.41) is 2.61. The van der Waals surface area contributed by atoms with Crippen molar-refractivity contribution in [2.75, 3.05) is 13.1 Å². The van der Waals surface area contributed by atoms with Gasteiger partial charge in [-0.25, -0.2) is 12.8 Å². The third-order valence-electron chi connectivity index (χ3n) is 3.58. The van der Waals surface area contributed by atoms with E-state index in [0.717, 1.165) is 20.8 Å². The molecule has 136 valence electrons. The maximum absolute atomic E-state index is 14.0. The lowest BCUT2D eigenvalue weighted by molar-refractivity contribution is 0.0947. The Morgan fingerprint density at radius 2 is 1.92 bits per heavy atom. The van der Waals surface area contributed by atoms with Gasteiger partial charge >= 0.3 is 0 Å². The molecule has 0 fully saturated rings. The fraction of sp³-hybridized carbons (Fsp3) is 0.312. The zero-order valence-corrected chi connectivity index (χ0v) is 17.0. The van der Waals surface area contributed by atoms with Crippen molar-refractivity contribution in [2.45, 2.75) is 25.3 Å². The van der Waals surface area contributed by atoms with Crippen LogP contribution in [0, 0.1) is 5.82 Å². The van der Waals surface area contributed by atoms with Gasteiger partial charge in [-0.2, -0.15) is 4.31 Å². The van der Waals surface area contributed by atoms with Crippen LogP contribution < -0.4 is 5.32 Å². The molecule has 2 aromatic rings. The third kappa shape index (κ3) is 4.66. The molecule has 5 nitrogen and oxygen atoms in total. The van der Waals surface area contributed by atoms with Crippen molar-refractivity contribution in [3.8, 4) is 0 Å². The molecule has 0 atom stereocenters. The average molecular weight is 449 g/mol. The van der Waals surface area contributed by atoms with Crippen LogP contribution in [-0.2, 0) is 16.6 Å². The molecule has 0 aliphatic carbocycles. The number of nitrogens with zero attached hydrogens (tertiary/aromatic N) is 1. The number of amides is 1. The van der Waals surface area contributed by atoms with Gasteiger partial charge in [-0.05, 0) is 46.3 Å². The summed E-state index contributed by atoms with van der Waals surface area (Å²) in [6.07, 6.45) is 0. The van der Waals surface area contributed by atoms with Crippen LogP contribution in [0.5, 0.6) is 0 Å². The van der Waals surface area contributed by atoms with Gasteiger partial charge in [0.2, 0.25) is 10.0 Å². The van der Waals surface area contributed by atoms with Crippen molar-refractivity contribution in [3.05, 3.63) is 50.4 Å². The standard InChI is InChI=1S/C16H18BrFN2O3S2/c1-3-20(4-2)25(22,23)12-6-7-14(18)13(9-12)16(21)19-10-11-5-8-15(17)24-11/h5-9H,3-4,10H2,1-2H3,(H,19,21). The molecule has 0 aliphatic heterocycles. The molecule has 0 saturated carbocycles. The summed E-state index contributed by atoms with van der Waals surface area (Å²) < 4.78 is 41.3. The highest BCUT2D eigenvalue weighted by Crippen LogP contribution is 2.22. The predicted octanol–water partition coefficient (Wildman–Crippen LogP) is 3.61. The summed E-state index contributed by atoms with van der Waals surface area (Å²) >= 11 is 4.78. The number of carbonyl (C=O) groups is 1. The molecule has 1 N–H and O–H groups in total. The van der Waals surface area contributed by atoms with Crippen molar-refractivity contribution in [1.82, 2.24) is 9.62 Å². The second kappa shape index (κ2) is 8.39. The normalized spacial score (nSPS) is 11.7. The first-order valence-corrected chi connectivity index (χ1v) is 10.7. The van der Waals surface area contributed by atoms with Crippen LogP contribution in [0.25, 0.3) is 0 Å². The van der Waals surface area contributed by atoms with Gasteiger partial charge in [0.05, 0.1) is 20.8 Å². The van der Waals surface area contributed by atoms with Crippen LogP contribution in [0.2, 0.25) is 0 Å². The molecule has 1 amide bonds. The number of halogens is 2. The van der Waals surface area contributed by atoms with Gasteiger partial charge in [0.1, 0.15) is 5.82 Å². The fourth-order valence-electron chi connectivity index (χ4n) is 2.26. The van der Waals surface area contributed by atoms with Gasteiger partial charge in [-0.15, -0.1) is 11.3 Å². The van der Waals surface area contributed by atoms with E-state index in [1.807, 2.05) is 12.1 Å². The van der Waals surface area contributed by atoms with Gasteiger partial charge in [0.15, 0.2) is 0 Å². The fourth-order valence-corrected chi connectivity index (χ4v) is 5.17. The van der Waals surface area contributed by atoms with E-state index in [4.69, 9.17) is 0 Å². The van der Waals surface area contributed by atoms with E-state index in [9.17, 15) is 17.6 Å². The molecular weight excluding hydrogens is 431 g/mol. The largest absolute Gasteiger partial charge is 0.347 e. The molecule has 1 aromatic carbocycles. The van der Waals surface area contributed by atoms with E-state index in [1.54, 1.807) is 13.8 Å². The number of rotatable bonds is 7. The molecule has 0 radical (unpaired) electrons. The highest BCUT2D eigenvalue weighted by Gasteiger charge is 2.24. The summed E-state index contributed by atoms with van der Waals surface area (Å²) in [6.45, 7) is 4.27. The van der Waals surface area contributed by atoms with E-state index >= 15 is 0 Å². The second-order valence-corrected chi connectivity index (χ2v) is 9.60. The molecule has 0 bridgehead atoms. The summed E-state index contributed by atoms with van der Waals surface area (Å²) in [5.41, 5.74) is -0.288. The Morgan fingerprint density at radius 3 is 2.48 bits per heavy atom. The number of thiophene rings is 1. The monoisotopic (exact) mass is 448 g/mol. The van der Waals surface area contributed by atoms with Gasteiger partial charge in [0.25, 0.3) is 5.91 Å². The first-order chi connectivity index (χ1) is 11.8. The molecule has 1 aromatic heterocycles. The number of hydrogen-bond donors (Lipinski definition) is 1. The van der Waals surface area contributed by atoms with Crippen molar-refractivity contribution in [3.63, 3.8) is 0 Å². The maximum Gasteiger partial charge on any atom is 0.254 e. The molecule has 1 heterocycles. The topological polar surface area (TPSA) is 66.5 Å². The lowest BCUT2D eigenvalue weighted by atomic mass is 10.2. The van der Waals surface area contributed by atoms with Gasteiger partial charge in [0, 0.05) is 18.0 Å². The molecule has 0 unspecified atom stereocenters. The van der Waals surface area contributed by atoms with E-state index in [2.05, 4.69) is 21.2 Å². The van der Waals surface area contributed by atoms with Crippen molar-refractivity contribution >= 4 is 43.2 Å². The lowest BCUT2D eigenvalue weighted by Gasteiger charge is -2.18. The Morgan fingerprint density at radius 1 is 1.24 bits per heavy atom. The minimum absolute atomic E-state index is 0.0957. The Labute approximate surface area is 159 Å². The van der Waals surface area contributed by atoms with E-state index in [1.165, 1.54) is 21.7 Å². The van der Waals surface area contributed by atoms with Crippen LogP contribution in [0.4, 0.5) is 4.39 Å². The van der Waals surface area contributed by atoms with E-state index < -0.39 is 21.7 Å². The van der Waals surface area contributed by atoms with Crippen LogP contribution in [-0.4, -0.2) is 31.7 Å². The highest BCUT2D eigenvalue weighted by atomic mass is 79.9. The Kier molecular flexibility index (Phi) is 6.72. The van der Waals surface area contributed by atoms with Crippen molar-refractivity contribution in [2.24, 2.45) is 0 Å². The smallest absolute Gasteiger partial charge is 0.254 e. The minimum Gasteiger partial charge on any atom is -0.347 e. The minimum atomic E-state index is -3.76. The van der Waals surface area contributed by atoms with Crippen LogP contribution in [0.1, 0.15) is 29.1 Å². The van der Waals surface area contributed by atoms with Crippen molar-refractivity contribution in [1.29, 1.82) is 0 Å². The number of benzene rings is 1. The summed E-state index contributed by atoms with van der Waals surface area (Å²) in [6, 6.07) is 6.96. The summed E-state index contributed by atoms with van der Waals surface area (Å²) in [4.78, 5) is 13.1. The van der Waals surface area contributed by atoms with Crippen LogP contribution >= 0.6 is 27.3 Å². The summed E-state index contributed by atoms with van der Waals surface area (Å²) in [5.74, 6) is -1.41. The summed E-state index contributed by atoms with van der Waals surface area (Å²) in [7, 11) is -3.76. The molecule has 9 heteroatoms. The molecule has 0 aliphatic rings. The Bertz CT molecular complexity index is 864. The second-order valence-electron chi connectivity index (χ2n) is 5.12. The molecule has 0 spiro atoms. The zero-order valence-electron chi connectivity index (χ0n) is 13.8. The maximum atomic E-state index is 14.0. The van der Waals surface area contributed by atoms with Gasteiger partial charge in [-0.3, -0.25) is 4.79 Å². The first-order valence-electron chi connectivity index (χ1n) is 7.61. The molecule has 25 heavy (non-hydrogen) atoms. The number of carbonyl (C=O) groups excluding carboxylic acids is 1. The Balaban J connectivity index is 2.24. The molecular formula is C16H18BrFN2O3S2.